The van der Waals surface area contributed by atoms with Gasteiger partial charge in [-0.25, -0.2) is 9.18 Å². The summed E-state index contributed by atoms with van der Waals surface area (Å²) in [5.74, 6) is -1.26. The number of nitrogens with two attached hydrogens (primary N) is 1. The number of halogens is 1. The van der Waals surface area contributed by atoms with Gasteiger partial charge >= 0.3 is 5.97 Å². The van der Waals surface area contributed by atoms with Crippen LogP contribution < -0.4 is 10.5 Å². The SMILES string of the molecule is COC(=O)c1cc(-c2cc(N)n[nH]2)cc(F)c1OC. The van der Waals surface area contributed by atoms with E-state index in [1.165, 1.54) is 32.4 Å². The molecule has 1 heterocycles. The van der Waals surface area contributed by atoms with E-state index in [-0.39, 0.29) is 17.1 Å². The molecule has 0 atom stereocenters. The number of nitrogen functional groups attached to an aromatic ring is 1. The monoisotopic (exact) mass is 265 g/mol. The highest BCUT2D eigenvalue weighted by atomic mass is 19.1. The first-order valence-corrected chi connectivity index (χ1v) is 5.34. The molecule has 7 heteroatoms. The molecule has 0 saturated heterocycles. The number of rotatable bonds is 3. The molecule has 1 aromatic carbocycles. The van der Waals surface area contributed by atoms with E-state index in [9.17, 15) is 9.18 Å². The Morgan fingerprint density at radius 1 is 1.37 bits per heavy atom. The summed E-state index contributed by atoms with van der Waals surface area (Å²) in [5, 5.41) is 6.38. The Balaban J connectivity index is 2.59. The molecule has 0 aliphatic carbocycles. The molecule has 0 saturated carbocycles. The second kappa shape index (κ2) is 4.97. The standard InChI is InChI=1S/C12H12FN3O3/c1-18-11-7(12(17)19-2)3-6(4-8(11)13)9-5-10(14)16-15-9/h3-5H,1-2H3,(H3,14,15,16). The Hall–Kier alpha value is -2.57. The van der Waals surface area contributed by atoms with Crippen LogP contribution >= 0.6 is 0 Å². The van der Waals surface area contributed by atoms with Gasteiger partial charge in [-0.3, -0.25) is 5.10 Å². The third kappa shape index (κ3) is 2.35. The maximum absolute atomic E-state index is 13.9. The molecule has 0 fully saturated rings. The molecule has 1 aromatic heterocycles. The molecular formula is C12H12FN3O3. The summed E-state index contributed by atoms with van der Waals surface area (Å²) in [6.07, 6.45) is 0. The summed E-state index contributed by atoms with van der Waals surface area (Å²) >= 11 is 0. The van der Waals surface area contributed by atoms with E-state index in [2.05, 4.69) is 14.9 Å². The van der Waals surface area contributed by atoms with Crippen LogP contribution in [0.2, 0.25) is 0 Å². The van der Waals surface area contributed by atoms with E-state index in [1.807, 2.05) is 0 Å². The zero-order valence-electron chi connectivity index (χ0n) is 10.4. The average Bonchev–Trinajstić information content (AvgIpc) is 2.83. The molecule has 100 valence electrons. The number of aromatic amines is 1. The van der Waals surface area contributed by atoms with Crippen molar-refractivity contribution in [1.29, 1.82) is 0 Å². The maximum atomic E-state index is 13.9. The Kier molecular flexibility index (Phi) is 3.37. The first kappa shape index (κ1) is 12.9. The highest BCUT2D eigenvalue weighted by Crippen LogP contribution is 2.30. The number of hydrogen-bond donors (Lipinski definition) is 2. The lowest BCUT2D eigenvalue weighted by molar-refractivity contribution is 0.0596. The van der Waals surface area contributed by atoms with Gasteiger partial charge in [-0.05, 0) is 12.1 Å². The number of anilines is 1. The van der Waals surface area contributed by atoms with E-state index in [0.29, 0.717) is 11.3 Å². The summed E-state index contributed by atoms with van der Waals surface area (Å²) in [7, 11) is 2.49. The molecule has 6 nitrogen and oxygen atoms in total. The third-order valence-electron chi connectivity index (χ3n) is 2.56. The molecule has 0 radical (unpaired) electrons. The van der Waals surface area contributed by atoms with E-state index < -0.39 is 11.8 Å². The van der Waals surface area contributed by atoms with E-state index in [4.69, 9.17) is 10.5 Å². The van der Waals surface area contributed by atoms with E-state index in [0.717, 1.165) is 0 Å². The number of hydrogen-bond acceptors (Lipinski definition) is 5. The number of benzene rings is 1. The normalized spacial score (nSPS) is 10.3. The number of aromatic nitrogens is 2. The van der Waals surface area contributed by atoms with Crippen LogP contribution in [0.15, 0.2) is 18.2 Å². The third-order valence-corrected chi connectivity index (χ3v) is 2.56. The Morgan fingerprint density at radius 2 is 2.11 bits per heavy atom. The lowest BCUT2D eigenvalue weighted by Gasteiger charge is -2.09. The fourth-order valence-electron chi connectivity index (χ4n) is 1.70. The molecule has 19 heavy (non-hydrogen) atoms. The number of carbonyl (C=O) groups excluding carboxylic acids is 1. The lowest BCUT2D eigenvalue weighted by Crippen LogP contribution is -2.06. The Bertz CT molecular complexity index is 625. The molecule has 0 spiro atoms. The second-order valence-electron chi connectivity index (χ2n) is 3.74. The van der Waals surface area contributed by atoms with Crippen molar-refractivity contribution in [1.82, 2.24) is 10.2 Å². The van der Waals surface area contributed by atoms with Gasteiger partial charge in [-0.2, -0.15) is 5.10 Å². The van der Waals surface area contributed by atoms with Crippen LogP contribution in [0, 0.1) is 5.82 Å². The molecule has 0 bridgehead atoms. The van der Waals surface area contributed by atoms with Gasteiger partial charge in [0.1, 0.15) is 11.4 Å². The number of ether oxygens (including phenoxy) is 2. The molecule has 2 aromatic rings. The predicted molar refractivity (Wildman–Crippen MR) is 66.3 cm³/mol. The van der Waals surface area contributed by atoms with Gasteiger partial charge < -0.3 is 15.2 Å². The van der Waals surface area contributed by atoms with Crippen LogP contribution in [0.5, 0.6) is 5.75 Å². The topological polar surface area (TPSA) is 90.2 Å². The average molecular weight is 265 g/mol. The predicted octanol–water partition coefficient (Wildman–Crippen LogP) is 1.59. The second-order valence-corrected chi connectivity index (χ2v) is 3.74. The largest absolute Gasteiger partial charge is 0.493 e. The van der Waals surface area contributed by atoms with Crippen LogP contribution in [0.3, 0.4) is 0 Å². The Morgan fingerprint density at radius 3 is 2.63 bits per heavy atom. The van der Waals surface area contributed by atoms with Gasteiger partial charge in [-0.15, -0.1) is 0 Å². The van der Waals surface area contributed by atoms with Gasteiger partial charge in [0.25, 0.3) is 0 Å². The number of H-pyrrole nitrogens is 1. The van der Waals surface area contributed by atoms with Gasteiger partial charge in [0.2, 0.25) is 0 Å². The molecule has 0 aliphatic heterocycles. The van der Waals surface area contributed by atoms with Crippen LogP contribution in [-0.4, -0.2) is 30.4 Å². The summed E-state index contributed by atoms with van der Waals surface area (Å²) in [6.45, 7) is 0. The maximum Gasteiger partial charge on any atom is 0.341 e. The number of carbonyl (C=O) groups is 1. The van der Waals surface area contributed by atoms with Crippen LogP contribution in [0.25, 0.3) is 11.3 Å². The van der Waals surface area contributed by atoms with Crippen molar-refractivity contribution in [2.75, 3.05) is 20.0 Å². The summed E-state index contributed by atoms with van der Waals surface area (Å²) in [6, 6.07) is 4.20. The van der Waals surface area contributed by atoms with Gasteiger partial charge in [0, 0.05) is 11.6 Å². The minimum atomic E-state index is -0.690. The van der Waals surface area contributed by atoms with Crippen molar-refractivity contribution in [3.8, 4) is 17.0 Å². The fraction of sp³-hybridized carbons (Fsp3) is 0.167. The fourth-order valence-corrected chi connectivity index (χ4v) is 1.70. The molecule has 0 unspecified atom stereocenters. The molecular weight excluding hydrogens is 253 g/mol. The van der Waals surface area contributed by atoms with Crippen LogP contribution in [0.4, 0.5) is 10.2 Å². The van der Waals surface area contributed by atoms with E-state index >= 15 is 0 Å². The zero-order valence-corrected chi connectivity index (χ0v) is 10.4. The highest BCUT2D eigenvalue weighted by molar-refractivity contribution is 5.94. The number of esters is 1. The van der Waals surface area contributed by atoms with Crippen LogP contribution in [0.1, 0.15) is 10.4 Å². The van der Waals surface area contributed by atoms with Crippen molar-refractivity contribution >= 4 is 11.8 Å². The first-order valence-electron chi connectivity index (χ1n) is 5.34. The van der Waals surface area contributed by atoms with Crippen molar-refractivity contribution < 1.29 is 18.7 Å². The molecule has 3 N–H and O–H groups in total. The molecule has 0 amide bonds. The number of nitrogens with zero attached hydrogens (tertiary/aromatic N) is 1. The van der Waals surface area contributed by atoms with Crippen LogP contribution in [-0.2, 0) is 4.74 Å². The minimum absolute atomic E-state index is 0.00632. The summed E-state index contributed by atoms with van der Waals surface area (Å²) in [4.78, 5) is 11.6. The summed E-state index contributed by atoms with van der Waals surface area (Å²) in [5.41, 5.74) is 6.38. The van der Waals surface area contributed by atoms with Gasteiger partial charge in [0.15, 0.2) is 11.6 Å². The lowest BCUT2D eigenvalue weighted by atomic mass is 10.1. The van der Waals surface area contributed by atoms with E-state index in [1.54, 1.807) is 0 Å². The number of nitrogens with one attached hydrogen (secondary N) is 1. The van der Waals surface area contributed by atoms with Gasteiger partial charge in [0.05, 0.1) is 19.9 Å². The van der Waals surface area contributed by atoms with Crippen molar-refractivity contribution in [3.63, 3.8) is 0 Å². The highest BCUT2D eigenvalue weighted by Gasteiger charge is 2.19. The minimum Gasteiger partial charge on any atom is -0.493 e. The zero-order chi connectivity index (χ0) is 14.0. The summed E-state index contributed by atoms with van der Waals surface area (Å²) < 4.78 is 23.4. The first-order chi connectivity index (χ1) is 9.06. The van der Waals surface area contributed by atoms with Crippen molar-refractivity contribution in [3.05, 3.63) is 29.6 Å². The molecule has 2 rings (SSSR count). The van der Waals surface area contributed by atoms with Crippen molar-refractivity contribution in [2.45, 2.75) is 0 Å². The Labute approximate surface area is 108 Å². The smallest absolute Gasteiger partial charge is 0.341 e. The number of methoxy groups -OCH3 is 2. The quantitative estimate of drug-likeness (QED) is 0.822. The van der Waals surface area contributed by atoms with Crippen molar-refractivity contribution in [2.24, 2.45) is 0 Å². The van der Waals surface area contributed by atoms with Gasteiger partial charge in [-0.1, -0.05) is 0 Å². The molecule has 0 aliphatic rings.